The number of carbonyl (C=O) groups is 1. The quantitative estimate of drug-likeness (QED) is 0.742. The minimum absolute atomic E-state index is 0.0729. The van der Waals surface area contributed by atoms with E-state index in [2.05, 4.69) is 26.4 Å². The van der Waals surface area contributed by atoms with Crippen LogP contribution in [0.5, 0.6) is 0 Å². The Balaban J connectivity index is 1.69. The number of halogens is 3. The van der Waals surface area contributed by atoms with Crippen LogP contribution in [0.15, 0.2) is 50.0 Å². The molecule has 2 aromatic heterocycles. The second-order valence-corrected chi connectivity index (χ2v) is 5.37. The SMILES string of the molecule is O=C(NCc1cc(-c2ccc(F)cc2F)on1)c1ccc(Br)o1. The molecule has 8 heteroatoms. The molecule has 1 N–H and O–H groups in total. The van der Waals surface area contributed by atoms with E-state index in [-0.39, 0.29) is 23.6 Å². The molecule has 0 spiro atoms. The summed E-state index contributed by atoms with van der Waals surface area (Å²) in [7, 11) is 0. The maximum atomic E-state index is 13.7. The van der Waals surface area contributed by atoms with E-state index in [1.165, 1.54) is 18.2 Å². The molecular weight excluding hydrogens is 374 g/mol. The fourth-order valence-electron chi connectivity index (χ4n) is 1.91. The molecule has 0 fully saturated rings. The molecule has 0 aliphatic carbocycles. The summed E-state index contributed by atoms with van der Waals surface area (Å²) in [6, 6.07) is 7.72. The van der Waals surface area contributed by atoms with Crippen molar-refractivity contribution in [2.45, 2.75) is 6.54 Å². The van der Waals surface area contributed by atoms with Gasteiger partial charge in [0, 0.05) is 12.1 Å². The topological polar surface area (TPSA) is 68.3 Å². The zero-order chi connectivity index (χ0) is 16.4. The van der Waals surface area contributed by atoms with Crippen molar-refractivity contribution in [2.24, 2.45) is 0 Å². The average molecular weight is 383 g/mol. The van der Waals surface area contributed by atoms with Gasteiger partial charge in [0.2, 0.25) is 0 Å². The molecule has 118 valence electrons. The van der Waals surface area contributed by atoms with E-state index in [1.54, 1.807) is 6.07 Å². The molecule has 3 rings (SSSR count). The molecule has 3 aromatic rings. The Labute approximate surface area is 137 Å². The molecule has 1 amide bonds. The van der Waals surface area contributed by atoms with Crippen LogP contribution < -0.4 is 5.32 Å². The van der Waals surface area contributed by atoms with E-state index in [4.69, 9.17) is 8.94 Å². The van der Waals surface area contributed by atoms with Crippen LogP contribution in [0.3, 0.4) is 0 Å². The highest BCUT2D eigenvalue weighted by Crippen LogP contribution is 2.24. The zero-order valence-corrected chi connectivity index (χ0v) is 13.1. The Morgan fingerprint density at radius 1 is 1.22 bits per heavy atom. The third kappa shape index (κ3) is 3.48. The number of carbonyl (C=O) groups excluding carboxylic acids is 1. The maximum absolute atomic E-state index is 13.7. The number of benzene rings is 1. The molecule has 0 unspecified atom stereocenters. The van der Waals surface area contributed by atoms with Crippen LogP contribution in [0.25, 0.3) is 11.3 Å². The first kappa shape index (κ1) is 15.4. The van der Waals surface area contributed by atoms with Crippen molar-refractivity contribution >= 4 is 21.8 Å². The lowest BCUT2D eigenvalue weighted by molar-refractivity contribution is 0.0921. The standard InChI is InChI=1S/C15H9BrF2N2O3/c16-14-4-3-12(22-14)15(21)19-7-9-6-13(23-20-9)10-2-1-8(17)5-11(10)18/h1-6H,7H2,(H,19,21). The average Bonchev–Trinajstić information content (AvgIpc) is 3.14. The number of nitrogens with zero attached hydrogens (tertiary/aromatic N) is 1. The predicted molar refractivity (Wildman–Crippen MR) is 79.4 cm³/mol. The van der Waals surface area contributed by atoms with E-state index in [9.17, 15) is 13.6 Å². The fraction of sp³-hybridized carbons (Fsp3) is 0.0667. The summed E-state index contributed by atoms with van der Waals surface area (Å²) in [5.41, 5.74) is 0.481. The van der Waals surface area contributed by atoms with Gasteiger partial charge in [-0.1, -0.05) is 5.16 Å². The monoisotopic (exact) mass is 382 g/mol. The molecule has 0 saturated heterocycles. The van der Waals surface area contributed by atoms with E-state index in [0.29, 0.717) is 10.4 Å². The Hall–Kier alpha value is -2.48. The lowest BCUT2D eigenvalue weighted by Gasteiger charge is -1.99. The number of aromatic nitrogens is 1. The van der Waals surface area contributed by atoms with E-state index >= 15 is 0 Å². The molecule has 0 aliphatic rings. The highest BCUT2D eigenvalue weighted by Gasteiger charge is 2.14. The zero-order valence-electron chi connectivity index (χ0n) is 11.5. The van der Waals surface area contributed by atoms with Gasteiger partial charge in [0.05, 0.1) is 12.1 Å². The third-order valence-corrected chi connectivity index (χ3v) is 3.41. The van der Waals surface area contributed by atoms with Crippen LogP contribution in [0.2, 0.25) is 0 Å². The molecule has 0 saturated carbocycles. The van der Waals surface area contributed by atoms with Crippen molar-refractivity contribution in [2.75, 3.05) is 0 Å². The van der Waals surface area contributed by atoms with Crippen molar-refractivity contribution < 1.29 is 22.5 Å². The summed E-state index contributed by atoms with van der Waals surface area (Å²) in [5.74, 6) is -1.56. The highest BCUT2D eigenvalue weighted by atomic mass is 79.9. The van der Waals surface area contributed by atoms with Crippen molar-refractivity contribution in [1.29, 1.82) is 0 Å². The van der Waals surface area contributed by atoms with Gasteiger partial charge in [-0.25, -0.2) is 8.78 Å². The summed E-state index contributed by atoms with van der Waals surface area (Å²) in [5, 5.41) is 6.32. The molecule has 0 bridgehead atoms. The van der Waals surface area contributed by atoms with Crippen LogP contribution >= 0.6 is 15.9 Å². The molecule has 0 atom stereocenters. The second-order valence-electron chi connectivity index (χ2n) is 4.59. The summed E-state index contributed by atoms with van der Waals surface area (Å²) < 4.78 is 37.1. The molecule has 0 radical (unpaired) electrons. The van der Waals surface area contributed by atoms with Crippen LogP contribution in [0, 0.1) is 11.6 Å². The first-order valence-electron chi connectivity index (χ1n) is 6.47. The first-order chi connectivity index (χ1) is 11.0. The summed E-state index contributed by atoms with van der Waals surface area (Å²) in [4.78, 5) is 11.8. The Morgan fingerprint density at radius 2 is 2.04 bits per heavy atom. The number of furan rings is 1. The summed E-state index contributed by atoms with van der Waals surface area (Å²) >= 11 is 3.10. The van der Waals surface area contributed by atoms with Crippen LogP contribution in [0.1, 0.15) is 16.2 Å². The van der Waals surface area contributed by atoms with Gasteiger partial charge >= 0.3 is 0 Å². The number of hydrogen-bond acceptors (Lipinski definition) is 4. The maximum Gasteiger partial charge on any atom is 0.287 e. The van der Waals surface area contributed by atoms with E-state index in [0.717, 1.165) is 12.1 Å². The Morgan fingerprint density at radius 3 is 2.74 bits per heavy atom. The van der Waals surface area contributed by atoms with Gasteiger partial charge in [-0.3, -0.25) is 4.79 Å². The van der Waals surface area contributed by atoms with Gasteiger partial charge in [0.15, 0.2) is 16.2 Å². The molecule has 0 aliphatic heterocycles. The van der Waals surface area contributed by atoms with Crippen molar-refractivity contribution in [3.8, 4) is 11.3 Å². The largest absolute Gasteiger partial charge is 0.444 e. The highest BCUT2D eigenvalue weighted by molar-refractivity contribution is 9.10. The minimum atomic E-state index is -0.753. The lowest BCUT2D eigenvalue weighted by atomic mass is 10.1. The van der Waals surface area contributed by atoms with Crippen molar-refractivity contribution in [3.63, 3.8) is 0 Å². The summed E-state index contributed by atoms with van der Waals surface area (Å²) in [6.07, 6.45) is 0. The van der Waals surface area contributed by atoms with E-state index < -0.39 is 17.5 Å². The van der Waals surface area contributed by atoms with Gasteiger partial charge in [0.25, 0.3) is 5.91 Å². The number of hydrogen-bond donors (Lipinski definition) is 1. The van der Waals surface area contributed by atoms with Gasteiger partial charge < -0.3 is 14.3 Å². The van der Waals surface area contributed by atoms with Crippen molar-refractivity contribution in [3.05, 3.63) is 64.2 Å². The number of rotatable bonds is 4. The predicted octanol–water partition coefficient (Wildman–Crippen LogP) is 3.91. The smallest absolute Gasteiger partial charge is 0.287 e. The summed E-state index contributed by atoms with van der Waals surface area (Å²) in [6.45, 7) is 0.0729. The number of amides is 1. The third-order valence-electron chi connectivity index (χ3n) is 2.98. The normalized spacial score (nSPS) is 10.7. The molecule has 1 aromatic carbocycles. The lowest BCUT2D eigenvalue weighted by Crippen LogP contribution is -2.22. The minimum Gasteiger partial charge on any atom is -0.444 e. The molecule has 2 heterocycles. The van der Waals surface area contributed by atoms with Gasteiger partial charge in [-0.05, 0) is 40.2 Å². The van der Waals surface area contributed by atoms with Gasteiger partial charge in [-0.2, -0.15) is 0 Å². The first-order valence-corrected chi connectivity index (χ1v) is 7.27. The molecule has 5 nitrogen and oxygen atoms in total. The molecule has 23 heavy (non-hydrogen) atoms. The second kappa shape index (κ2) is 6.33. The van der Waals surface area contributed by atoms with Crippen LogP contribution in [0.4, 0.5) is 8.78 Å². The molecular formula is C15H9BrF2N2O3. The van der Waals surface area contributed by atoms with Crippen LogP contribution in [-0.4, -0.2) is 11.1 Å². The van der Waals surface area contributed by atoms with E-state index in [1.807, 2.05) is 0 Å². The van der Waals surface area contributed by atoms with Gasteiger partial charge in [0.1, 0.15) is 17.3 Å². The fourth-order valence-corrected chi connectivity index (χ4v) is 2.21. The Bertz CT molecular complexity index is 860. The van der Waals surface area contributed by atoms with Gasteiger partial charge in [-0.15, -0.1) is 0 Å². The van der Waals surface area contributed by atoms with Crippen LogP contribution in [-0.2, 0) is 6.54 Å². The van der Waals surface area contributed by atoms with Crippen molar-refractivity contribution in [1.82, 2.24) is 10.5 Å². The Kier molecular flexibility index (Phi) is 4.24. The number of nitrogens with one attached hydrogen (secondary N) is 1.